The van der Waals surface area contributed by atoms with Crippen LogP contribution in [0.3, 0.4) is 0 Å². The minimum Gasteiger partial charge on any atom is -0.365 e. The molecule has 0 unspecified atom stereocenters. The van der Waals surface area contributed by atoms with Crippen molar-refractivity contribution >= 4 is 29.8 Å². The summed E-state index contributed by atoms with van der Waals surface area (Å²) in [6.45, 7) is 1.89. The molecule has 7 heteroatoms. The SMILES string of the molecule is Cl.Fc1cnc(Cl)nc1NC1CCNCC1. The first kappa shape index (κ1) is 13.4. The van der Waals surface area contributed by atoms with Gasteiger partial charge in [0.2, 0.25) is 5.28 Å². The molecule has 0 aromatic carbocycles. The van der Waals surface area contributed by atoms with Gasteiger partial charge in [-0.3, -0.25) is 0 Å². The topological polar surface area (TPSA) is 49.8 Å². The minimum atomic E-state index is -0.460. The van der Waals surface area contributed by atoms with Crippen LogP contribution >= 0.6 is 24.0 Å². The first-order chi connectivity index (χ1) is 7.25. The molecule has 2 heterocycles. The fraction of sp³-hybridized carbons (Fsp3) is 0.556. The van der Waals surface area contributed by atoms with Crippen LogP contribution in [0.1, 0.15) is 12.8 Å². The van der Waals surface area contributed by atoms with Gasteiger partial charge in [-0.25, -0.2) is 9.37 Å². The van der Waals surface area contributed by atoms with E-state index in [2.05, 4.69) is 20.6 Å². The number of aromatic nitrogens is 2. The fourth-order valence-corrected chi connectivity index (χ4v) is 1.74. The Kier molecular flexibility index (Phi) is 5.18. The minimum absolute atomic E-state index is 0. The molecule has 2 N–H and O–H groups in total. The Morgan fingerprint density at radius 3 is 2.81 bits per heavy atom. The van der Waals surface area contributed by atoms with E-state index in [1.54, 1.807) is 0 Å². The average Bonchev–Trinajstić information content (AvgIpc) is 2.25. The molecule has 1 aliphatic heterocycles. The van der Waals surface area contributed by atoms with Gasteiger partial charge in [-0.05, 0) is 37.5 Å². The van der Waals surface area contributed by atoms with E-state index in [0.29, 0.717) is 0 Å². The van der Waals surface area contributed by atoms with E-state index in [0.717, 1.165) is 32.1 Å². The van der Waals surface area contributed by atoms with Crippen LogP contribution in [0.2, 0.25) is 5.28 Å². The fourth-order valence-electron chi connectivity index (χ4n) is 1.61. The predicted molar refractivity (Wildman–Crippen MR) is 63.8 cm³/mol. The standard InChI is InChI=1S/C9H12ClFN4.ClH/c10-9-13-5-7(11)8(15-9)14-6-1-3-12-4-2-6;/h5-6,12H,1-4H2,(H,13,14,15);1H. The van der Waals surface area contributed by atoms with Gasteiger partial charge >= 0.3 is 0 Å². The van der Waals surface area contributed by atoms with Crippen LogP contribution < -0.4 is 10.6 Å². The second kappa shape index (κ2) is 6.18. The highest BCUT2D eigenvalue weighted by Gasteiger charge is 2.15. The number of halogens is 3. The molecule has 2 rings (SSSR count). The van der Waals surface area contributed by atoms with Crippen molar-refractivity contribution in [2.45, 2.75) is 18.9 Å². The van der Waals surface area contributed by atoms with Gasteiger partial charge in [0, 0.05) is 6.04 Å². The summed E-state index contributed by atoms with van der Waals surface area (Å²) in [5.41, 5.74) is 0. The van der Waals surface area contributed by atoms with Crippen LogP contribution in [0.5, 0.6) is 0 Å². The molecule has 0 amide bonds. The zero-order valence-corrected chi connectivity index (χ0v) is 10.1. The largest absolute Gasteiger partial charge is 0.365 e. The van der Waals surface area contributed by atoms with E-state index < -0.39 is 5.82 Å². The lowest BCUT2D eigenvalue weighted by atomic mass is 10.1. The van der Waals surface area contributed by atoms with Crippen molar-refractivity contribution < 1.29 is 4.39 Å². The number of rotatable bonds is 2. The van der Waals surface area contributed by atoms with E-state index in [9.17, 15) is 4.39 Å². The Labute approximate surface area is 104 Å². The quantitative estimate of drug-likeness (QED) is 0.803. The molecule has 1 saturated heterocycles. The highest BCUT2D eigenvalue weighted by molar-refractivity contribution is 6.28. The summed E-state index contributed by atoms with van der Waals surface area (Å²) in [5, 5.41) is 6.34. The molecule has 0 radical (unpaired) electrons. The van der Waals surface area contributed by atoms with Gasteiger partial charge in [0.15, 0.2) is 11.6 Å². The second-order valence-electron chi connectivity index (χ2n) is 3.50. The molecule has 1 aromatic rings. The highest BCUT2D eigenvalue weighted by atomic mass is 35.5. The van der Waals surface area contributed by atoms with Crippen LogP contribution in [0, 0.1) is 5.82 Å². The van der Waals surface area contributed by atoms with Crippen molar-refractivity contribution in [3.63, 3.8) is 0 Å². The lowest BCUT2D eigenvalue weighted by molar-refractivity contribution is 0.475. The Morgan fingerprint density at radius 2 is 2.12 bits per heavy atom. The first-order valence-electron chi connectivity index (χ1n) is 4.91. The van der Waals surface area contributed by atoms with E-state index >= 15 is 0 Å². The summed E-state index contributed by atoms with van der Waals surface area (Å²) in [6.07, 6.45) is 3.00. The summed E-state index contributed by atoms with van der Waals surface area (Å²) in [6, 6.07) is 0.256. The Hall–Kier alpha value is -0.650. The third-order valence-electron chi connectivity index (χ3n) is 2.39. The van der Waals surface area contributed by atoms with Crippen molar-refractivity contribution in [3.05, 3.63) is 17.3 Å². The molecule has 1 aromatic heterocycles. The van der Waals surface area contributed by atoms with Gasteiger partial charge in [0.05, 0.1) is 6.20 Å². The predicted octanol–water partition coefficient (Wildman–Crippen LogP) is 1.85. The Morgan fingerprint density at radius 1 is 1.44 bits per heavy atom. The third-order valence-corrected chi connectivity index (χ3v) is 2.58. The number of nitrogens with one attached hydrogen (secondary N) is 2. The molecule has 0 saturated carbocycles. The maximum Gasteiger partial charge on any atom is 0.224 e. The lowest BCUT2D eigenvalue weighted by Crippen LogP contribution is -2.35. The molecule has 16 heavy (non-hydrogen) atoms. The van der Waals surface area contributed by atoms with E-state index in [1.165, 1.54) is 0 Å². The van der Waals surface area contributed by atoms with Crippen LogP contribution in [0.25, 0.3) is 0 Å². The number of nitrogens with zero attached hydrogens (tertiary/aromatic N) is 2. The molecular weight excluding hydrogens is 254 g/mol. The summed E-state index contributed by atoms with van der Waals surface area (Å²) < 4.78 is 13.3. The summed E-state index contributed by atoms with van der Waals surface area (Å²) >= 11 is 5.59. The maximum atomic E-state index is 13.3. The molecule has 0 bridgehead atoms. The van der Waals surface area contributed by atoms with Gasteiger partial charge in [-0.2, -0.15) is 4.98 Å². The van der Waals surface area contributed by atoms with Gasteiger partial charge in [-0.15, -0.1) is 12.4 Å². The van der Waals surface area contributed by atoms with E-state index in [1.807, 2.05) is 0 Å². The Bertz CT molecular complexity index is 344. The zero-order valence-electron chi connectivity index (χ0n) is 8.54. The maximum absolute atomic E-state index is 13.3. The van der Waals surface area contributed by atoms with Gasteiger partial charge in [0.25, 0.3) is 0 Å². The number of piperidine rings is 1. The van der Waals surface area contributed by atoms with Gasteiger partial charge < -0.3 is 10.6 Å². The number of hydrogen-bond donors (Lipinski definition) is 2. The van der Waals surface area contributed by atoms with Crippen LogP contribution in [0.15, 0.2) is 6.20 Å². The molecule has 1 aliphatic rings. The zero-order chi connectivity index (χ0) is 10.7. The second-order valence-corrected chi connectivity index (χ2v) is 3.84. The van der Waals surface area contributed by atoms with Crippen molar-refractivity contribution in [1.82, 2.24) is 15.3 Å². The molecule has 90 valence electrons. The van der Waals surface area contributed by atoms with Crippen LogP contribution in [-0.4, -0.2) is 29.1 Å². The van der Waals surface area contributed by atoms with Gasteiger partial charge in [0.1, 0.15) is 0 Å². The molecule has 0 aliphatic carbocycles. The lowest BCUT2D eigenvalue weighted by Gasteiger charge is -2.24. The monoisotopic (exact) mass is 266 g/mol. The van der Waals surface area contributed by atoms with Crippen molar-refractivity contribution in [1.29, 1.82) is 0 Å². The van der Waals surface area contributed by atoms with E-state index in [-0.39, 0.29) is 29.6 Å². The van der Waals surface area contributed by atoms with Crippen molar-refractivity contribution in [2.75, 3.05) is 18.4 Å². The number of hydrogen-bond acceptors (Lipinski definition) is 4. The van der Waals surface area contributed by atoms with Crippen LogP contribution in [0.4, 0.5) is 10.2 Å². The molecule has 1 fully saturated rings. The first-order valence-corrected chi connectivity index (χ1v) is 5.29. The number of anilines is 1. The average molecular weight is 267 g/mol. The third kappa shape index (κ3) is 3.43. The summed E-state index contributed by atoms with van der Waals surface area (Å²) in [5.74, 6) is -0.264. The Balaban J connectivity index is 0.00000128. The van der Waals surface area contributed by atoms with E-state index in [4.69, 9.17) is 11.6 Å². The molecule has 0 atom stereocenters. The van der Waals surface area contributed by atoms with Crippen molar-refractivity contribution in [3.8, 4) is 0 Å². The smallest absolute Gasteiger partial charge is 0.224 e. The van der Waals surface area contributed by atoms with Crippen molar-refractivity contribution in [2.24, 2.45) is 0 Å². The summed E-state index contributed by atoms with van der Waals surface area (Å²) in [4.78, 5) is 7.37. The van der Waals surface area contributed by atoms with Gasteiger partial charge in [-0.1, -0.05) is 0 Å². The molecular formula is C9H13Cl2FN4. The molecule has 0 spiro atoms. The normalized spacial score (nSPS) is 16.6. The molecule has 4 nitrogen and oxygen atoms in total. The van der Waals surface area contributed by atoms with Crippen LogP contribution in [-0.2, 0) is 0 Å². The highest BCUT2D eigenvalue weighted by Crippen LogP contribution is 2.15. The summed E-state index contributed by atoms with van der Waals surface area (Å²) in [7, 11) is 0.